The third kappa shape index (κ3) is 1.74. The number of rotatable bonds is 7. The Hall–Kier alpha value is 0.0900. The summed E-state index contributed by atoms with van der Waals surface area (Å²) >= 11 is 2.97. The maximum Gasteiger partial charge on any atom is 0.178 e. The third-order valence-corrected chi connectivity index (χ3v) is 10.9. The van der Waals surface area contributed by atoms with Gasteiger partial charge in [0.15, 0.2) is 11.4 Å². The molecule has 2 spiro atoms. The minimum atomic E-state index is -1.16. The van der Waals surface area contributed by atoms with Crippen LogP contribution in [0.25, 0.3) is 0 Å². The van der Waals surface area contributed by atoms with Crippen LogP contribution in [0.15, 0.2) is 0 Å². The molecular weight excluding hydrogens is 408 g/mol. The number of carbonyl (C=O) groups excluding carboxylic acids is 1. The minimum Gasteiger partial charge on any atom is -0.396 e. The number of hydrogen-bond donors (Lipinski definition) is 4. The fourth-order valence-electron chi connectivity index (χ4n) is 6.80. The standard InChI is InChI=1S/C18H26O8S2/c1-9-11(21)13(22)15-8-24-18(15)16(28-7-5-20)3-2-10(17(16,18)26-23)25-14(15)12(9)27-6-4-19/h9-12,14,19-21,23H,2-8H2,1H3. The van der Waals surface area contributed by atoms with Crippen LogP contribution in [0.4, 0.5) is 0 Å². The highest BCUT2D eigenvalue weighted by atomic mass is 32.2. The van der Waals surface area contributed by atoms with Gasteiger partial charge in [-0.05, 0) is 12.8 Å². The van der Waals surface area contributed by atoms with E-state index < -0.39 is 39.7 Å². The van der Waals surface area contributed by atoms with Gasteiger partial charge in [0.05, 0.1) is 36.8 Å². The van der Waals surface area contributed by atoms with Crippen molar-refractivity contribution in [3.63, 3.8) is 0 Å². The van der Waals surface area contributed by atoms with Gasteiger partial charge in [0, 0.05) is 22.7 Å². The van der Waals surface area contributed by atoms with Gasteiger partial charge in [-0.2, -0.15) is 11.8 Å². The van der Waals surface area contributed by atoms with E-state index in [4.69, 9.17) is 14.4 Å². The molecule has 4 N–H and O–H groups in total. The second-order valence-electron chi connectivity index (χ2n) is 8.48. The molecule has 5 aliphatic rings. The molecule has 8 nitrogen and oxygen atoms in total. The number of Topliss-reactive ketones (excluding diaryl/α,β-unsaturated/α-hetero) is 1. The molecule has 2 saturated heterocycles. The number of aliphatic hydroxyl groups excluding tert-OH is 3. The molecule has 0 aromatic heterocycles. The molecule has 0 aromatic carbocycles. The predicted octanol–water partition coefficient (Wildman–Crippen LogP) is -0.317. The number of carbonyl (C=O) groups is 1. The highest BCUT2D eigenvalue weighted by Gasteiger charge is 3.07. The zero-order valence-electron chi connectivity index (χ0n) is 15.6. The van der Waals surface area contributed by atoms with Gasteiger partial charge in [0.1, 0.15) is 17.1 Å². The van der Waals surface area contributed by atoms with Crippen LogP contribution in [0.3, 0.4) is 0 Å². The molecule has 5 fully saturated rings. The zero-order valence-corrected chi connectivity index (χ0v) is 17.2. The van der Waals surface area contributed by atoms with E-state index >= 15 is 0 Å². The quantitative estimate of drug-likeness (QED) is 0.313. The van der Waals surface area contributed by atoms with E-state index in [2.05, 4.69) is 0 Å². The lowest BCUT2D eigenvalue weighted by Gasteiger charge is -2.64. The Labute approximate surface area is 171 Å². The van der Waals surface area contributed by atoms with Crippen molar-refractivity contribution in [1.29, 1.82) is 0 Å². The lowest BCUT2D eigenvalue weighted by Crippen LogP contribution is -2.81. The largest absolute Gasteiger partial charge is 0.396 e. The summed E-state index contributed by atoms with van der Waals surface area (Å²) in [5.74, 6) is 0.291. The molecule has 3 saturated carbocycles. The highest BCUT2D eigenvalue weighted by Crippen LogP contribution is 2.88. The van der Waals surface area contributed by atoms with Crippen molar-refractivity contribution in [2.24, 2.45) is 11.3 Å². The highest BCUT2D eigenvalue weighted by molar-refractivity contribution is 8.01. The monoisotopic (exact) mass is 434 g/mol. The topological polar surface area (TPSA) is 126 Å². The first-order valence-corrected chi connectivity index (χ1v) is 11.8. The Morgan fingerprint density at radius 3 is 2.64 bits per heavy atom. The van der Waals surface area contributed by atoms with E-state index in [1.54, 1.807) is 0 Å². The zero-order chi connectivity index (χ0) is 19.9. The van der Waals surface area contributed by atoms with Crippen molar-refractivity contribution in [3.05, 3.63) is 0 Å². The van der Waals surface area contributed by atoms with Crippen molar-refractivity contribution in [3.8, 4) is 0 Å². The van der Waals surface area contributed by atoms with Gasteiger partial charge < -0.3 is 24.8 Å². The lowest BCUT2D eigenvalue weighted by atomic mass is 9.56. The van der Waals surface area contributed by atoms with Crippen LogP contribution in [-0.2, 0) is 19.2 Å². The van der Waals surface area contributed by atoms with E-state index in [9.17, 15) is 25.4 Å². The average molecular weight is 435 g/mol. The molecule has 0 bridgehead atoms. The van der Waals surface area contributed by atoms with Crippen LogP contribution >= 0.6 is 23.5 Å². The van der Waals surface area contributed by atoms with E-state index in [0.717, 1.165) is 0 Å². The summed E-state index contributed by atoms with van der Waals surface area (Å²) in [5.41, 5.74) is -3.30. The Kier molecular flexibility index (Phi) is 4.51. The molecule has 2 aliphatic heterocycles. The Balaban J connectivity index is 1.62. The summed E-state index contributed by atoms with van der Waals surface area (Å²) in [6, 6.07) is 0. The second kappa shape index (κ2) is 6.30. The normalized spacial score (nSPS) is 55.9. The first kappa shape index (κ1) is 20.0. The maximum atomic E-state index is 13.5. The maximum absolute atomic E-state index is 13.5. The van der Waals surface area contributed by atoms with Crippen molar-refractivity contribution in [1.82, 2.24) is 0 Å². The van der Waals surface area contributed by atoms with Crippen LogP contribution in [0.2, 0.25) is 0 Å². The van der Waals surface area contributed by atoms with Crippen LogP contribution in [0.5, 0.6) is 0 Å². The summed E-state index contributed by atoms with van der Waals surface area (Å²) in [7, 11) is 0. The first-order valence-electron chi connectivity index (χ1n) is 9.77. The molecule has 3 aliphatic carbocycles. The van der Waals surface area contributed by atoms with E-state index in [-0.39, 0.29) is 36.8 Å². The van der Waals surface area contributed by atoms with Gasteiger partial charge in [0.2, 0.25) is 0 Å². The van der Waals surface area contributed by atoms with Crippen molar-refractivity contribution in [2.45, 2.75) is 59.3 Å². The molecule has 9 unspecified atom stereocenters. The van der Waals surface area contributed by atoms with Crippen molar-refractivity contribution >= 4 is 29.3 Å². The molecule has 0 radical (unpaired) electrons. The second-order valence-corrected chi connectivity index (χ2v) is 11.2. The molecule has 28 heavy (non-hydrogen) atoms. The van der Waals surface area contributed by atoms with Crippen LogP contribution < -0.4 is 0 Å². The minimum absolute atomic E-state index is 0.00268. The summed E-state index contributed by atoms with van der Waals surface area (Å²) < 4.78 is 11.9. The molecule has 2 heterocycles. The summed E-state index contributed by atoms with van der Waals surface area (Å²) in [4.78, 5) is 18.6. The van der Waals surface area contributed by atoms with Gasteiger partial charge in [-0.15, -0.1) is 11.8 Å². The molecule has 9 atom stereocenters. The van der Waals surface area contributed by atoms with Crippen molar-refractivity contribution < 1.29 is 39.7 Å². The fourth-order valence-corrected chi connectivity index (χ4v) is 9.88. The fraction of sp³-hybridized carbons (Fsp3) is 0.944. The van der Waals surface area contributed by atoms with E-state index in [1.807, 2.05) is 6.92 Å². The Morgan fingerprint density at radius 1 is 1.29 bits per heavy atom. The molecule has 5 rings (SSSR count). The van der Waals surface area contributed by atoms with Crippen LogP contribution in [-0.4, -0.2) is 97.2 Å². The molecule has 0 amide bonds. The van der Waals surface area contributed by atoms with Crippen LogP contribution in [0, 0.1) is 11.3 Å². The summed E-state index contributed by atoms with van der Waals surface area (Å²) in [6.07, 6.45) is -0.752. The number of hydrogen-bond acceptors (Lipinski definition) is 10. The smallest absolute Gasteiger partial charge is 0.178 e. The van der Waals surface area contributed by atoms with Crippen molar-refractivity contribution in [2.75, 3.05) is 31.3 Å². The van der Waals surface area contributed by atoms with Gasteiger partial charge in [0.25, 0.3) is 0 Å². The molecule has 0 aromatic rings. The van der Waals surface area contributed by atoms with Gasteiger partial charge in [-0.3, -0.25) is 10.1 Å². The van der Waals surface area contributed by atoms with Gasteiger partial charge in [-0.1, -0.05) is 6.92 Å². The number of aliphatic hydroxyl groups is 3. The molecule has 10 heteroatoms. The molecular formula is C18H26O8S2. The van der Waals surface area contributed by atoms with E-state index in [1.165, 1.54) is 23.5 Å². The predicted molar refractivity (Wildman–Crippen MR) is 101 cm³/mol. The Bertz CT molecular complexity index is 694. The SMILES string of the molecule is CC1C(O)C(=O)C23COC24C2(SCCO)CCC(OC3C1SCCO)C24OO. The number of ketones is 1. The average Bonchev–Trinajstić information content (AvgIpc) is 3.12. The Morgan fingerprint density at radius 2 is 2.04 bits per heavy atom. The summed E-state index contributed by atoms with van der Waals surface area (Å²) in [5, 5.41) is 39.3. The van der Waals surface area contributed by atoms with Gasteiger partial charge >= 0.3 is 0 Å². The first-order chi connectivity index (χ1) is 13.5. The van der Waals surface area contributed by atoms with Gasteiger partial charge in [-0.25, -0.2) is 4.89 Å². The van der Waals surface area contributed by atoms with Crippen LogP contribution in [0.1, 0.15) is 19.8 Å². The number of thioether (sulfide) groups is 2. The number of ether oxygens (including phenoxy) is 2. The third-order valence-electron chi connectivity index (χ3n) is 7.79. The molecule has 158 valence electrons. The summed E-state index contributed by atoms with van der Waals surface area (Å²) in [6.45, 7) is 1.93. The van der Waals surface area contributed by atoms with E-state index in [0.29, 0.717) is 24.3 Å². The lowest BCUT2D eigenvalue weighted by molar-refractivity contribution is -0.396.